The molecule has 0 spiro atoms. The highest BCUT2D eigenvalue weighted by molar-refractivity contribution is 4.98. The van der Waals surface area contributed by atoms with Crippen molar-refractivity contribution in [3.05, 3.63) is 11.9 Å². The van der Waals surface area contributed by atoms with Crippen molar-refractivity contribution in [2.24, 2.45) is 7.05 Å². The molecule has 0 saturated heterocycles. The van der Waals surface area contributed by atoms with E-state index in [0.29, 0.717) is 13.0 Å². The largest absolute Gasteiger partial charge is 0.390 e. The molecule has 1 rings (SSSR count). The Morgan fingerprint density at radius 2 is 2.25 bits per heavy atom. The van der Waals surface area contributed by atoms with Crippen LogP contribution in [0.5, 0.6) is 0 Å². The number of rotatable bonds is 6. The average Bonchev–Trinajstić information content (AvgIpc) is 2.64. The van der Waals surface area contributed by atoms with Gasteiger partial charge in [0.05, 0.1) is 17.4 Å². The fourth-order valence-corrected chi connectivity index (χ4v) is 1.67. The van der Waals surface area contributed by atoms with Crippen LogP contribution < -0.4 is 0 Å². The van der Waals surface area contributed by atoms with Crippen molar-refractivity contribution in [1.82, 2.24) is 15.0 Å². The lowest BCUT2D eigenvalue weighted by Crippen LogP contribution is -2.43. The second-order valence-electron chi connectivity index (χ2n) is 4.20. The first-order chi connectivity index (χ1) is 7.51. The van der Waals surface area contributed by atoms with Crippen molar-refractivity contribution < 1.29 is 9.84 Å². The standard InChI is InChI=1S/C11H21N3O2/c1-5-11(3,16-6-2)10(15)7-9-8-14(4)13-12-9/h8,10,15H,5-7H2,1-4H3. The van der Waals surface area contributed by atoms with E-state index in [1.54, 1.807) is 4.68 Å². The van der Waals surface area contributed by atoms with Crippen LogP contribution in [-0.2, 0) is 18.2 Å². The van der Waals surface area contributed by atoms with E-state index in [1.165, 1.54) is 0 Å². The third-order valence-corrected chi connectivity index (χ3v) is 2.93. The first-order valence-electron chi connectivity index (χ1n) is 5.69. The number of aliphatic hydroxyl groups is 1. The molecule has 0 aromatic carbocycles. The monoisotopic (exact) mass is 227 g/mol. The van der Waals surface area contributed by atoms with Gasteiger partial charge in [-0.15, -0.1) is 5.10 Å². The summed E-state index contributed by atoms with van der Waals surface area (Å²) in [5, 5.41) is 18.0. The number of aliphatic hydroxyl groups excluding tert-OH is 1. The van der Waals surface area contributed by atoms with Gasteiger partial charge in [0, 0.05) is 26.3 Å². The molecule has 1 aromatic heterocycles. The van der Waals surface area contributed by atoms with Gasteiger partial charge in [0.15, 0.2) is 0 Å². The molecule has 0 aliphatic rings. The Bertz CT molecular complexity index is 327. The summed E-state index contributed by atoms with van der Waals surface area (Å²) < 4.78 is 7.25. The molecule has 92 valence electrons. The SMILES string of the molecule is CCOC(C)(CC)C(O)Cc1cn(C)nn1. The number of hydrogen-bond donors (Lipinski definition) is 1. The van der Waals surface area contributed by atoms with Crippen LogP contribution in [-0.4, -0.2) is 38.4 Å². The van der Waals surface area contributed by atoms with Gasteiger partial charge in [0.2, 0.25) is 0 Å². The molecular weight excluding hydrogens is 206 g/mol. The molecule has 2 unspecified atom stereocenters. The summed E-state index contributed by atoms with van der Waals surface area (Å²) in [7, 11) is 1.81. The molecular formula is C11H21N3O2. The van der Waals surface area contributed by atoms with Crippen molar-refractivity contribution in [3.8, 4) is 0 Å². The zero-order valence-corrected chi connectivity index (χ0v) is 10.5. The van der Waals surface area contributed by atoms with Gasteiger partial charge in [-0.3, -0.25) is 4.68 Å². The molecule has 1 heterocycles. The Kier molecular flexibility index (Phi) is 4.44. The van der Waals surface area contributed by atoms with Crippen LogP contribution in [0.2, 0.25) is 0 Å². The van der Waals surface area contributed by atoms with Gasteiger partial charge in [-0.1, -0.05) is 12.1 Å². The molecule has 5 nitrogen and oxygen atoms in total. The summed E-state index contributed by atoms with van der Waals surface area (Å²) >= 11 is 0. The van der Waals surface area contributed by atoms with Crippen LogP contribution in [0.25, 0.3) is 0 Å². The van der Waals surface area contributed by atoms with E-state index in [0.717, 1.165) is 12.1 Å². The Balaban J connectivity index is 2.65. The van der Waals surface area contributed by atoms with Crippen LogP contribution in [0.15, 0.2) is 6.20 Å². The van der Waals surface area contributed by atoms with Crippen molar-refractivity contribution in [2.75, 3.05) is 6.61 Å². The van der Waals surface area contributed by atoms with Crippen LogP contribution in [0.4, 0.5) is 0 Å². The van der Waals surface area contributed by atoms with Gasteiger partial charge in [0.1, 0.15) is 0 Å². The van der Waals surface area contributed by atoms with Gasteiger partial charge in [0.25, 0.3) is 0 Å². The fourth-order valence-electron chi connectivity index (χ4n) is 1.67. The minimum atomic E-state index is -0.561. The summed E-state index contributed by atoms with van der Waals surface area (Å²) in [6.45, 7) is 6.47. The Hall–Kier alpha value is -0.940. The number of aryl methyl sites for hydroxylation is 1. The summed E-state index contributed by atoms with van der Waals surface area (Å²) in [5.74, 6) is 0. The summed E-state index contributed by atoms with van der Waals surface area (Å²) in [6.07, 6.45) is 2.49. The molecule has 1 N–H and O–H groups in total. The molecule has 0 bridgehead atoms. The van der Waals surface area contributed by atoms with Gasteiger partial charge >= 0.3 is 0 Å². The quantitative estimate of drug-likeness (QED) is 0.785. The molecule has 5 heteroatoms. The van der Waals surface area contributed by atoms with Gasteiger partial charge in [-0.2, -0.15) is 0 Å². The highest BCUT2D eigenvalue weighted by Gasteiger charge is 2.32. The second-order valence-corrected chi connectivity index (χ2v) is 4.20. The summed E-state index contributed by atoms with van der Waals surface area (Å²) in [5.41, 5.74) is 0.279. The van der Waals surface area contributed by atoms with Crippen molar-refractivity contribution >= 4 is 0 Å². The summed E-state index contributed by atoms with van der Waals surface area (Å²) in [4.78, 5) is 0. The third-order valence-electron chi connectivity index (χ3n) is 2.93. The lowest BCUT2D eigenvalue weighted by Gasteiger charge is -2.33. The molecule has 0 amide bonds. The van der Waals surface area contributed by atoms with E-state index in [9.17, 15) is 5.11 Å². The van der Waals surface area contributed by atoms with Gasteiger partial charge in [-0.25, -0.2) is 0 Å². The zero-order chi connectivity index (χ0) is 12.2. The van der Waals surface area contributed by atoms with E-state index < -0.39 is 11.7 Å². The summed E-state index contributed by atoms with van der Waals surface area (Å²) in [6, 6.07) is 0. The molecule has 0 saturated carbocycles. The molecule has 0 aliphatic carbocycles. The molecule has 16 heavy (non-hydrogen) atoms. The maximum atomic E-state index is 10.2. The van der Waals surface area contributed by atoms with Gasteiger partial charge < -0.3 is 9.84 Å². The van der Waals surface area contributed by atoms with Crippen LogP contribution in [0.1, 0.15) is 32.9 Å². The average molecular weight is 227 g/mol. The Morgan fingerprint density at radius 1 is 1.56 bits per heavy atom. The van der Waals surface area contributed by atoms with E-state index >= 15 is 0 Å². The number of nitrogens with zero attached hydrogens (tertiary/aromatic N) is 3. The van der Waals surface area contributed by atoms with E-state index in [4.69, 9.17) is 4.74 Å². The first kappa shape index (κ1) is 13.1. The van der Waals surface area contributed by atoms with E-state index in [2.05, 4.69) is 10.3 Å². The van der Waals surface area contributed by atoms with Crippen molar-refractivity contribution in [2.45, 2.75) is 45.3 Å². The molecule has 0 radical (unpaired) electrons. The maximum absolute atomic E-state index is 10.2. The Morgan fingerprint density at radius 3 is 2.69 bits per heavy atom. The fraction of sp³-hybridized carbons (Fsp3) is 0.818. The topological polar surface area (TPSA) is 60.2 Å². The zero-order valence-electron chi connectivity index (χ0n) is 10.5. The third kappa shape index (κ3) is 3.02. The van der Waals surface area contributed by atoms with Crippen LogP contribution in [0.3, 0.4) is 0 Å². The van der Waals surface area contributed by atoms with Crippen LogP contribution in [0, 0.1) is 0 Å². The smallest absolute Gasteiger partial charge is 0.0913 e. The maximum Gasteiger partial charge on any atom is 0.0913 e. The predicted octanol–water partition coefficient (Wildman–Crippen LogP) is 0.924. The van der Waals surface area contributed by atoms with Crippen LogP contribution >= 0.6 is 0 Å². The molecule has 0 fully saturated rings. The predicted molar refractivity (Wildman–Crippen MR) is 61.0 cm³/mol. The van der Waals surface area contributed by atoms with E-state index in [1.807, 2.05) is 34.0 Å². The minimum Gasteiger partial charge on any atom is -0.390 e. The molecule has 0 aliphatic heterocycles. The lowest BCUT2D eigenvalue weighted by atomic mass is 9.92. The highest BCUT2D eigenvalue weighted by Crippen LogP contribution is 2.22. The van der Waals surface area contributed by atoms with E-state index in [-0.39, 0.29) is 0 Å². The lowest BCUT2D eigenvalue weighted by molar-refractivity contribution is -0.110. The second kappa shape index (κ2) is 5.41. The molecule has 2 atom stereocenters. The minimum absolute atomic E-state index is 0.470. The van der Waals surface area contributed by atoms with Crippen molar-refractivity contribution in [3.63, 3.8) is 0 Å². The van der Waals surface area contributed by atoms with Gasteiger partial charge in [-0.05, 0) is 20.3 Å². The first-order valence-corrected chi connectivity index (χ1v) is 5.69. The Labute approximate surface area is 96.4 Å². The molecule has 1 aromatic rings. The number of ether oxygens (including phenoxy) is 1. The number of hydrogen-bond acceptors (Lipinski definition) is 4. The highest BCUT2D eigenvalue weighted by atomic mass is 16.5. The number of aromatic nitrogens is 3. The normalized spacial score (nSPS) is 17.1. The van der Waals surface area contributed by atoms with Crippen molar-refractivity contribution in [1.29, 1.82) is 0 Å².